The maximum Gasteiger partial charge on any atom is 0.330 e. The maximum absolute atomic E-state index is 13.5. The summed E-state index contributed by atoms with van der Waals surface area (Å²) in [4.78, 5) is 70.1. The van der Waals surface area contributed by atoms with Crippen molar-refractivity contribution in [2.75, 3.05) is 0 Å². The number of hydrogen-bond donors (Lipinski definition) is 0. The Morgan fingerprint density at radius 3 is 1.72 bits per heavy atom. The minimum Gasteiger partial charge on any atom is -0.458 e. The van der Waals surface area contributed by atoms with Gasteiger partial charge in [-0.15, -0.1) is 29.1 Å². The third kappa shape index (κ3) is 10.9. The lowest BCUT2D eigenvalue weighted by Gasteiger charge is -2.26. The number of esters is 5. The molecule has 0 amide bonds. The summed E-state index contributed by atoms with van der Waals surface area (Å²) >= 11 is 2.85. The fourth-order valence-electron chi connectivity index (χ4n) is 7.10. The molecule has 2 saturated carbocycles. The monoisotopic (exact) mass is 857 g/mol. The van der Waals surface area contributed by atoms with Crippen molar-refractivity contribution < 1.29 is 52.4 Å². The first-order chi connectivity index (χ1) is 29.7. The number of carbonyl (C=O) groups is 5. The third-order valence-corrected chi connectivity index (χ3v) is 12.5. The quantitative estimate of drug-likeness (QED) is 0.0481. The molecule has 2 aromatic heterocycles. The van der Waals surface area contributed by atoms with Gasteiger partial charge in [-0.2, -0.15) is 0 Å². The molecule has 0 spiro atoms. The summed E-state index contributed by atoms with van der Waals surface area (Å²) in [5.41, 5.74) is 1.14. The first-order valence-corrected chi connectivity index (χ1v) is 21.3. The predicted octanol–water partition coefficient (Wildman–Crippen LogP) is 8.86. The van der Waals surface area contributed by atoms with Gasteiger partial charge in [0.25, 0.3) is 0 Å². The summed E-state index contributed by atoms with van der Waals surface area (Å²) < 4.78 is 33.9. The molecule has 61 heavy (non-hydrogen) atoms. The molecule has 14 heteroatoms. The highest BCUT2D eigenvalue weighted by Crippen LogP contribution is 2.43. The van der Waals surface area contributed by atoms with Crippen LogP contribution in [0.1, 0.15) is 56.9 Å². The summed E-state index contributed by atoms with van der Waals surface area (Å²) in [5, 5.41) is 2.63. The maximum atomic E-state index is 13.5. The Labute approximate surface area is 359 Å². The molecule has 0 N–H and O–H groups in total. The Kier molecular flexibility index (Phi) is 13.9. The van der Waals surface area contributed by atoms with Crippen LogP contribution in [0.3, 0.4) is 0 Å². The van der Waals surface area contributed by atoms with Crippen molar-refractivity contribution in [2.24, 2.45) is 23.7 Å². The summed E-state index contributed by atoms with van der Waals surface area (Å²) in [6.45, 7) is 3.45. The van der Waals surface area contributed by atoms with E-state index in [1.165, 1.54) is 22.7 Å². The van der Waals surface area contributed by atoms with E-state index in [-0.39, 0.29) is 36.1 Å². The fraction of sp³-hybridized carbons (Fsp3) is 0.277. The Morgan fingerprint density at radius 2 is 1.20 bits per heavy atom. The second-order valence-electron chi connectivity index (χ2n) is 14.4. The zero-order valence-corrected chi connectivity index (χ0v) is 34.4. The van der Waals surface area contributed by atoms with Gasteiger partial charge < -0.3 is 28.4 Å². The lowest BCUT2D eigenvalue weighted by Crippen LogP contribution is -2.30. The van der Waals surface area contributed by atoms with Crippen LogP contribution in [0.25, 0.3) is 20.1 Å². The van der Waals surface area contributed by atoms with Crippen LogP contribution in [0.5, 0.6) is 28.7 Å². The summed E-state index contributed by atoms with van der Waals surface area (Å²) in [7, 11) is 0. The lowest BCUT2D eigenvalue weighted by molar-refractivity contribution is -0.145. The van der Waals surface area contributed by atoms with E-state index < -0.39 is 29.7 Å². The number of benzene rings is 3. The second-order valence-corrected chi connectivity index (χ2v) is 16.4. The van der Waals surface area contributed by atoms with Crippen LogP contribution < -0.4 is 23.7 Å². The van der Waals surface area contributed by atoms with Crippen LogP contribution in [0.4, 0.5) is 0 Å². The van der Waals surface area contributed by atoms with E-state index in [2.05, 4.69) is 24.5 Å². The van der Waals surface area contributed by atoms with Gasteiger partial charge in [-0.3, -0.25) is 19.2 Å². The van der Waals surface area contributed by atoms with Gasteiger partial charge in [0.1, 0.15) is 45.2 Å². The van der Waals surface area contributed by atoms with Crippen molar-refractivity contribution in [1.29, 1.82) is 0 Å². The molecule has 2 heterocycles. The molecule has 0 saturated heterocycles. The number of ether oxygens (including phenoxy) is 6. The number of rotatable bonds is 13. The van der Waals surface area contributed by atoms with Crippen LogP contribution in [0, 0.1) is 48.0 Å². The summed E-state index contributed by atoms with van der Waals surface area (Å²) in [6, 6.07) is 20.2. The SMILES string of the molecule is C#CC#COc1ccc(OC(=O)C2CCC(C(=O)Oc3ccc(OC(=O)C4CCC(C(=O)Oc5ccc(COC(=O)C=C)cc5)CC4)c4sc(-c5cccs5)nc34)CC2)cc1. The zero-order chi connectivity index (χ0) is 42.7. The number of thiophene rings is 1. The molecule has 0 atom stereocenters. The third-order valence-electron chi connectivity index (χ3n) is 10.4. The van der Waals surface area contributed by atoms with Crippen LogP contribution in [0.2, 0.25) is 0 Å². The highest BCUT2D eigenvalue weighted by molar-refractivity contribution is 7.25. The van der Waals surface area contributed by atoms with E-state index >= 15 is 0 Å². The lowest BCUT2D eigenvalue weighted by atomic mass is 9.82. The molecule has 310 valence electrons. The molecular formula is C47H39NO11S2. The van der Waals surface area contributed by atoms with E-state index in [4.69, 9.17) is 39.8 Å². The van der Waals surface area contributed by atoms with Gasteiger partial charge in [0.2, 0.25) is 0 Å². The van der Waals surface area contributed by atoms with Gasteiger partial charge in [0, 0.05) is 12.0 Å². The molecular weight excluding hydrogens is 819 g/mol. The van der Waals surface area contributed by atoms with Crippen molar-refractivity contribution in [1.82, 2.24) is 4.98 Å². The average Bonchev–Trinajstić information content (AvgIpc) is 4.00. The van der Waals surface area contributed by atoms with Gasteiger partial charge in [-0.1, -0.05) is 24.8 Å². The number of terminal acetylenes is 1. The number of thiazole rings is 1. The molecule has 0 bridgehead atoms. The number of nitrogens with zero attached hydrogens (tertiary/aromatic N) is 1. The van der Waals surface area contributed by atoms with Crippen LogP contribution >= 0.6 is 22.7 Å². The van der Waals surface area contributed by atoms with E-state index in [0.29, 0.717) is 89.6 Å². The van der Waals surface area contributed by atoms with Gasteiger partial charge >= 0.3 is 29.8 Å². The van der Waals surface area contributed by atoms with Gasteiger partial charge in [-0.25, -0.2) is 9.78 Å². The van der Waals surface area contributed by atoms with Crippen molar-refractivity contribution in [3.8, 4) is 63.0 Å². The normalized spacial score (nSPS) is 18.3. The van der Waals surface area contributed by atoms with E-state index in [9.17, 15) is 24.0 Å². The Balaban J connectivity index is 0.932. The van der Waals surface area contributed by atoms with Crippen molar-refractivity contribution >= 4 is 62.7 Å². The molecule has 12 nitrogen and oxygen atoms in total. The smallest absolute Gasteiger partial charge is 0.330 e. The van der Waals surface area contributed by atoms with Crippen LogP contribution in [-0.4, -0.2) is 34.8 Å². The predicted molar refractivity (Wildman–Crippen MR) is 226 cm³/mol. The largest absolute Gasteiger partial charge is 0.458 e. The van der Waals surface area contributed by atoms with E-state index in [1.807, 2.05) is 17.5 Å². The molecule has 2 fully saturated rings. The van der Waals surface area contributed by atoms with Crippen molar-refractivity contribution in [2.45, 2.75) is 58.0 Å². The topological polar surface area (TPSA) is 154 Å². The molecule has 0 unspecified atom stereocenters. The van der Waals surface area contributed by atoms with E-state index in [1.54, 1.807) is 60.7 Å². The summed E-state index contributed by atoms with van der Waals surface area (Å²) in [6.07, 6.45) is 12.2. The fourth-order valence-corrected chi connectivity index (χ4v) is 8.93. The van der Waals surface area contributed by atoms with Crippen molar-refractivity contribution in [3.63, 3.8) is 0 Å². The molecule has 2 aliphatic rings. The average molecular weight is 858 g/mol. The first kappa shape index (κ1) is 42.4. The number of aromatic nitrogens is 1. The van der Waals surface area contributed by atoms with Crippen LogP contribution in [-0.2, 0) is 35.3 Å². The Hall–Kier alpha value is -6.74. The standard InChI is InChI=1S/C47H39NO11S2/c1-3-5-26-54-34-20-22-36(23-21-34)57-45(51)31-10-14-32(15-11-31)46(52)58-37-24-25-38(42-41(37)48-43(61-42)39-7-6-27-60-39)59-47(53)33-16-12-30(13-17-33)44(50)56-35-18-8-29(9-19-35)28-55-40(49)4-2/h1,4,6-9,18-25,27,30-33H,2,10-17,28H2. The molecule has 0 aliphatic heterocycles. The minimum absolute atomic E-state index is 0.0763. The number of carbonyl (C=O) groups excluding carboxylic acids is 5. The van der Waals surface area contributed by atoms with Gasteiger partial charge in [0.05, 0.1) is 28.5 Å². The molecule has 5 aromatic rings. The second kappa shape index (κ2) is 20.0. The minimum atomic E-state index is -0.526. The van der Waals surface area contributed by atoms with Crippen molar-refractivity contribution in [3.05, 3.63) is 96.4 Å². The highest BCUT2D eigenvalue weighted by Gasteiger charge is 2.34. The molecule has 0 radical (unpaired) electrons. The first-order valence-electron chi connectivity index (χ1n) is 19.6. The van der Waals surface area contributed by atoms with Crippen LogP contribution in [0.15, 0.2) is 90.8 Å². The highest BCUT2D eigenvalue weighted by atomic mass is 32.1. The summed E-state index contributed by atoms with van der Waals surface area (Å²) in [5.74, 6) is 2.57. The molecule has 2 aliphatic carbocycles. The molecule has 3 aromatic carbocycles. The number of hydrogen-bond acceptors (Lipinski definition) is 14. The number of fused-ring (bicyclic) bond motifs is 1. The van der Waals surface area contributed by atoms with Gasteiger partial charge in [0.15, 0.2) is 11.5 Å². The Morgan fingerprint density at radius 1 is 0.689 bits per heavy atom. The zero-order valence-electron chi connectivity index (χ0n) is 32.8. The van der Waals surface area contributed by atoms with Gasteiger partial charge in [-0.05, 0) is 123 Å². The molecule has 7 rings (SSSR count). The van der Waals surface area contributed by atoms with E-state index in [0.717, 1.165) is 16.5 Å². The Bertz CT molecular complexity index is 2510.